The van der Waals surface area contributed by atoms with Gasteiger partial charge in [-0.2, -0.15) is 0 Å². The van der Waals surface area contributed by atoms with Gasteiger partial charge in [0.2, 0.25) is 5.91 Å². The third-order valence-electron chi connectivity index (χ3n) is 3.71. The molecule has 1 amide bonds. The molecule has 1 aliphatic rings. The zero-order valence-electron chi connectivity index (χ0n) is 10.8. The molecule has 0 aliphatic heterocycles. The summed E-state index contributed by atoms with van der Waals surface area (Å²) >= 11 is 0. The van der Waals surface area contributed by atoms with Crippen LogP contribution in [0.15, 0.2) is 0 Å². The van der Waals surface area contributed by atoms with Crippen molar-refractivity contribution in [2.75, 3.05) is 0 Å². The topological polar surface area (TPSA) is 66.4 Å². The Balaban J connectivity index is 2.54. The highest BCUT2D eigenvalue weighted by atomic mass is 16.4. The molecule has 98 valence electrons. The van der Waals surface area contributed by atoms with Crippen LogP contribution in [0.3, 0.4) is 0 Å². The van der Waals surface area contributed by atoms with Crippen molar-refractivity contribution in [3.05, 3.63) is 0 Å². The average Bonchev–Trinajstić information content (AvgIpc) is 2.72. The second kappa shape index (κ2) is 6.03. The Morgan fingerprint density at radius 3 is 2.41 bits per heavy atom. The second-order valence-electron chi connectivity index (χ2n) is 5.27. The number of hydrogen-bond donors (Lipinski definition) is 2. The summed E-state index contributed by atoms with van der Waals surface area (Å²) in [4.78, 5) is 23.1. The SMILES string of the molecule is CCCC[C@H](NC(=O)C1(C)CCCC1)C(=O)O. The molecule has 1 rings (SSSR count). The molecule has 1 aliphatic carbocycles. The molecule has 2 N–H and O–H groups in total. The third kappa shape index (κ3) is 3.72. The van der Waals surface area contributed by atoms with Crippen LogP contribution in [-0.2, 0) is 9.59 Å². The van der Waals surface area contributed by atoms with Crippen LogP contribution < -0.4 is 5.32 Å². The summed E-state index contributed by atoms with van der Waals surface area (Å²) in [6.45, 7) is 3.95. The van der Waals surface area contributed by atoms with Crippen molar-refractivity contribution in [2.45, 2.75) is 64.8 Å². The molecular formula is C13H23NO3. The lowest BCUT2D eigenvalue weighted by atomic mass is 9.87. The molecule has 0 unspecified atom stereocenters. The number of carboxylic acid groups (broad SMARTS) is 1. The molecule has 0 bridgehead atoms. The molecule has 1 atom stereocenters. The van der Waals surface area contributed by atoms with Crippen molar-refractivity contribution in [2.24, 2.45) is 5.41 Å². The number of amides is 1. The number of aliphatic carboxylic acids is 1. The lowest BCUT2D eigenvalue weighted by molar-refractivity contribution is -0.143. The molecule has 0 aromatic rings. The molecule has 0 aromatic heterocycles. The van der Waals surface area contributed by atoms with Crippen LogP contribution in [0.25, 0.3) is 0 Å². The van der Waals surface area contributed by atoms with Crippen LogP contribution >= 0.6 is 0 Å². The van der Waals surface area contributed by atoms with Gasteiger partial charge in [-0.15, -0.1) is 0 Å². The quantitative estimate of drug-likeness (QED) is 0.750. The highest BCUT2D eigenvalue weighted by Gasteiger charge is 2.37. The molecular weight excluding hydrogens is 218 g/mol. The van der Waals surface area contributed by atoms with Gasteiger partial charge in [0.15, 0.2) is 0 Å². The first-order chi connectivity index (χ1) is 7.99. The highest BCUT2D eigenvalue weighted by molar-refractivity contribution is 5.87. The van der Waals surface area contributed by atoms with E-state index in [1.165, 1.54) is 0 Å². The molecule has 0 spiro atoms. The number of hydrogen-bond acceptors (Lipinski definition) is 2. The van der Waals surface area contributed by atoms with Gasteiger partial charge in [-0.3, -0.25) is 4.79 Å². The Kier molecular flexibility index (Phi) is 4.97. The predicted molar refractivity (Wildman–Crippen MR) is 65.7 cm³/mol. The maximum absolute atomic E-state index is 12.1. The van der Waals surface area contributed by atoms with E-state index in [4.69, 9.17) is 5.11 Å². The summed E-state index contributed by atoms with van der Waals surface area (Å²) in [6, 6.07) is -0.722. The molecule has 4 nitrogen and oxygen atoms in total. The van der Waals surface area contributed by atoms with E-state index in [1.807, 2.05) is 13.8 Å². The van der Waals surface area contributed by atoms with E-state index in [0.717, 1.165) is 38.5 Å². The van der Waals surface area contributed by atoms with E-state index >= 15 is 0 Å². The largest absolute Gasteiger partial charge is 0.480 e. The van der Waals surface area contributed by atoms with Crippen LogP contribution in [0.2, 0.25) is 0 Å². The Morgan fingerprint density at radius 1 is 1.35 bits per heavy atom. The van der Waals surface area contributed by atoms with Crippen molar-refractivity contribution in [1.82, 2.24) is 5.32 Å². The summed E-state index contributed by atoms with van der Waals surface area (Å²) in [6.07, 6.45) is 6.17. The van der Waals surface area contributed by atoms with Gasteiger partial charge in [-0.1, -0.05) is 39.5 Å². The van der Waals surface area contributed by atoms with Crippen molar-refractivity contribution in [3.8, 4) is 0 Å². The minimum Gasteiger partial charge on any atom is -0.480 e. The molecule has 0 saturated heterocycles. The van der Waals surface area contributed by atoms with Crippen LogP contribution in [0, 0.1) is 5.41 Å². The van der Waals surface area contributed by atoms with Crippen molar-refractivity contribution in [3.63, 3.8) is 0 Å². The fraction of sp³-hybridized carbons (Fsp3) is 0.846. The van der Waals surface area contributed by atoms with Crippen molar-refractivity contribution in [1.29, 1.82) is 0 Å². The standard InChI is InChI=1S/C13H23NO3/c1-3-4-7-10(11(15)16)14-12(17)13(2)8-5-6-9-13/h10H,3-9H2,1-2H3,(H,14,17)(H,15,16)/t10-/m0/s1. The van der Waals surface area contributed by atoms with Crippen LogP contribution in [0.4, 0.5) is 0 Å². The van der Waals surface area contributed by atoms with Crippen LogP contribution in [-0.4, -0.2) is 23.0 Å². The molecule has 4 heteroatoms. The number of nitrogens with one attached hydrogen (secondary N) is 1. The number of carbonyl (C=O) groups excluding carboxylic acids is 1. The Morgan fingerprint density at radius 2 is 1.94 bits per heavy atom. The normalized spacial score (nSPS) is 19.9. The molecule has 0 radical (unpaired) electrons. The summed E-state index contributed by atoms with van der Waals surface area (Å²) in [7, 11) is 0. The predicted octanol–water partition coefficient (Wildman–Crippen LogP) is 2.33. The van der Waals surface area contributed by atoms with Gasteiger partial charge < -0.3 is 10.4 Å². The minimum absolute atomic E-state index is 0.0847. The lowest BCUT2D eigenvalue weighted by Gasteiger charge is -2.25. The highest BCUT2D eigenvalue weighted by Crippen LogP contribution is 2.37. The summed E-state index contributed by atoms with van der Waals surface area (Å²) in [5, 5.41) is 11.8. The zero-order chi connectivity index (χ0) is 12.9. The fourth-order valence-corrected chi connectivity index (χ4v) is 2.38. The van der Waals surface area contributed by atoms with E-state index in [2.05, 4.69) is 5.32 Å². The number of unbranched alkanes of at least 4 members (excludes halogenated alkanes) is 1. The first-order valence-corrected chi connectivity index (χ1v) is 6.53. The molecule has 0 heterocycles. The van der Waals surface area contributed by atoms with Gasteiger partial charge >= 0.3 is 5.97 Å². The van der Waals surface area contributed by atoms with Gasteiger partial charge in [0.25, 0.3) is 0 Å². The van der Waals surface area contributed by atoms with Gasteiger partial charge in [-0.05, 0) is 19.3 Å². The molecule has 17 heavy (non-hydrogen) atoms. The maximum Gasteiger partial charge on any atom is 0.326 e. The molecule has 1 fully saturated rings. The van der Waals surface area contributed by atoms with E-state index in [0.29, 0.717) is 6.42 Å². The summed E-state index contributed by atoms with van der Waals surface area (Å²) < 4.78 is 0. The Bertz CT molecular complexity index is 282. The maximum atomic E-state index is 12.1. The van der Waals surface area contributed by atoms with Crippen molar-refractivity contribution < 1.29 is 14.7 Å². The van der Waals surface area contributed by atoms with E-state index < -0.39 is 12.0 Å². The fourth-order valence-electron chi connectivity index (χ4n) is 2.38. The van der Waals surface area contributed by atoms with E-state index in [-0.39, 0.29) is 11.3 Å². The number of carbonyl (C=O) groups is 2. The van der Waals surface area contributed by atoms with Crippen molar-refractivity contribution >= 4 is 11.9 Å². The first kappa shape index (κ1) is 14.0. The Hall–Kier alpha value is -1.06. The molecule has 1 saturated carbocycles. The van der Waals surface area contributed by atoms with Crippen LogP contribution in [0.1, 0.15) is 58.8 Å². The van der Waals surface area contributed by atoms with Gasteiger partial charge in [0.1, 0.15) is 6.04 Å². The zero-order valence-corrected chi connectivity index (χ0v) is 10.8. The third-order valence-corrected chi connectivity index (χ3v) is 3.71. The second-order valence-corrected chi connectivity index (χ2v) is 5.27. The monoisotopic (exact) mass is 241 g/mol. The van der Waals surface area contributed by atoms with E-state index in [1.54, 1.807) is 0 Å². The summed E-state index contributed by atoms with van der Waals surface area (Å²) in [5.74, 6) is -1.01. The first-order valence-electron chi connectivity index (χ1n) is 6.53. The minimum atomic E-state index is -0.923. The van der Waals surface area contributed by atoms with Gasteiger partial charge in [0.05, 0.1) is 0 Å². The average molecular weight is 241 g/mol. The lowest BCUT2D eigenvalue weighted by Crippen LogP contribution is -2.46. The van der Waals surface area contributed by atoms with Gasteiger partial charge in [0, 0.05) is 5.41 Å². The van der Waals surface area contributed by atoms with Crippen LogP contribution in [0.5, 0.6) is 0 Å². The smallest absolute Gasteiger partial charge is 0.326 e. The van der Waals surface area contributed by atoms with E-state index in [9.17, 15) is 9.59 Å². The number of carboxylic acids is 1. The Labute approximate surface area is 103 Å². The molecule has 0 aromatic carbocycles. The van der Waals surface area contributed by atoms with Gasteiger partial charge in [-0.25, -0.2) is 4.79 Å². The number of rotatable bonds is 6. The summed E-state index contributed by atoms with van der Waals surface area (Å²) in [5.41, 5.74) is -0.347.